The van der Waals surface area contributed by atoms with Gasteiger partial charge in [-0.3, -0.25) is 4.98 Å². The summed E-state index contributed by atoms with van der Waals surface area (Å²) in [5.74, 6) is 0.639. The monoisotopic (exact) mass is 324 g/mol. The number of aromatic nitrogens is 1. The molecule has 112 valence electrons. The minimum absolute atomic E-state index is 0.381. The van der Waals surface area contributed by atoms with Gasteiger partial charge >= 0.3 is 0 Å². The average Bonchev–Trinajstić information content (AvgIpc) is 2.42. The van der Waals surface area contributed by atoms with Gasteiger partial charge in [-0.1, -0.05) is 43.1 Å². The van der Waals surface area contributed by atoms with Crippen LogP contribution in [0.5, 0.6) is 5.75 Å². The Morgan fingerprint density at radius 3 is 2.43 bits per heavy atom. The summed E-state index contributed by atoms with van der Waals surface area (Å²) < 4.78 is 5.68. The minimum atomic E-state index is 0.381. The molecule has 2 aromatic rings. The van der Waals surface area contributed by atoms with Gasteiger partial charge in [-0.05, 0) is 30.3 Å². The standard InChI is InChI=1S/C16H18Cl2N2O/c1-11(2)19-9-14-4-3-5-15(20-14)10-21-16-7-12(17)6-13(18)8-16/h3-8,11,19H,9-10H2,1-2H3. The lowest BCUT2D eigenvalue weighted by molar-refractivity contribution is 0.301. The van der Waals surface area contributed by atoms with Crippen molar-refractivity contribution in [3.63, 3.8) is 0 Å². The molecule has 3 nitrogen and oxygen atoms in total. The third-order valence-corrected chi connectivity index (χ3v) is 3.22. The molecule has 1 heterocycles. The van der Waals surface area contributed by atoms with Gasteiger partial charge in [0.15, 0.2) is 0 Å². The van der Waals surface area contributed by atoms with E-state index < -0.39 is 0 Å². The van der Waals surface area contributed by atoms with E-state index in [0.717, 1.165) is 17.9 Å². The van der Waals surface area contributed by atoms with Crippen molar-refractivity contribution in [3.05, 3.63) is 57.8 Å². The van der Waals surface area contributed by atoms with Crippen LogP contribution in [-0.2, 0) is 13.2 Å². The summed E-state index contributed by atoms with van der Waals surface area (Å²) in [5, 5.41) is 4.45. The maximum Gasteiger partial charge on any atom is 0.130 e. The SMILES string of the molecule is CC(C)NCc1cccc(COc2cc(Cl)cc(Cl)c2)n1. The highest BCUT2D eigenvalue weighted by Gasteiger charge is 2.03. The molecule has 0 aliphatic carbocycles. The van der Waals surface area contributed by atoms with Crippen molar-refractivity contribution in [3.8, 4) is 5.75 Å². The van der Waals surface area contributed by atoms with Crippen LogP contribution in [0.15, 0.2) is 36.4 Å². The van der Waals surface area contributed by atoms with Gasteiger partial charge in [-0.2, -0.15) is 0 Å². The number of rotatable bonds is 6. The lowest BCUT2D eigenvalue weighted by Gasteiger charge is -2.10. The zero-order chi connectivity index (χ0) is 15.2. The van der Waals surface area contributed by atoms with Crippen molar-refractivity contribution in [1.82, 2.24) is 10.3 Å². The molecule has 21 heavy (non-hydrogen) atoms. The Kier molecular flexibility index (Phi) is 5.85. The van der Waals surface area contributed by atoms with Gasteiger partial charge in [0.25, 0.3) is 0 Å². The Bertz CT molecular complexity index is 582. The van der Waals surface area contributed by atoms with Crippen molar-refractivity contribution >= 4 is 23.2 Å². The van der Waals surface area contributed by atoms with Gasteiger partial charge in [-0.25, -0.2) is 0 Å². The van der Waals surface area contributed by atoms with E-state index in [9.17, 15) is 0 Å². The number of ether oxygens (including phenoxy) is 1. The highest BCUT2D eigenvalue weighted by molar-refractivity contribution is 6.34. The zero-order valence-corrected chi connectivity index (χ0v) is 13.6. The molecule has 1 aromatic carbocycles. The molecule has 0 amide bonds. The molecule has 5 heteroatoms. The molecular formula is C16H18Cl2N2O. The molecule has 1 aromatic heterocycles. The van der Waals surface area contributed by atoms with Crippen molar-refractivity contribution < 1.29 is 4.74 Å². The number of pyridine rings is 1. The third-order valence-electron chi connectivity index (χ3n) is 2.78. The predicted octanol–water partition coefficient (Wildman–Crippen LogP) is 4.47. The second-order valence-electron chi connectivity index (χ2n) is 5.05. The fourth-order valence-electron chi connectivity index (χ4n) is 1.79. The molecule has 0 aliphatic heterocycles. The summed E-state index contributed by atoms with van der Waals surface area (Å²) in [6.45, 7) is 5.34. The van der Waals surface area contributed by atoms with Crippen LogP contribution in [0.2, 0.25) is 10.0 Å². The average molecular weight is 325 g/mol. The molecule has 0 spiro atoms. The summed E-state index contributed by atoms with van der Waals surface area (Å²) in [6.07, 6.45) is 0. The predicted molar refractivity (Wildman–Crippen MR) is 87.0 cm³/mol. The number of hydrogen-bond acceptors (Lipinski definition) is 3. The molecule has 0 atom stereocenters. The van der Waals surface area contributed by atoms with E-state index in [0.29, 0.717) is 28.4 Å². The summed E-state index contributed by atoms with van der Waals surface area (Å²) in [4.78, 5) is 4.55. The molecule has 0 bridgehead atoms. The van der Waals surface area contributed by atoms with Gasteiger partial charge in [0, 0.05) is 22.6 Å². The maximum atomic E-state index is 5.94. The first-order chi connectivity index (χ1) is 10.0. The molecule has 0 radical (unpaired) electrons. The van der Waals surface area contributed by atoms with E-state index in [2.05, 4.69) is 24.1 Å². The van der Waals surface area contributed by atoms with E-state index in [1.807, 2.05) is 18.2 Å². The van der Waals surface area contributed by atoms with E-state index >= 15 is 0 Å². The first-order valence-electron chi connectivity index (χ1n) is 6.80. The van der Waals surface area contributed by atoms with Gasteiger partial charge in [0.05, 0.1) is 11.4 Å². The van der Waals surface area contributed by atoms with E-state index in [1.165, 1.54) is 0 Å². The van der Waals surface area contributed by atoms with E-state index in [4.69, 9.17) is 27.9 Å². The molecule has 1 N–H and O–H groups in total. The highest BCUT2D eigenvalue weighted by Crippen LogP contribution is 2.24. The Morgan fingerprint density at radius 2 is 1.76 bits per heavy atom. The largest absolute Gasteiger partial charge is 0.487 e. The van der Waals surface area contributed by atoms with Gasteiger partial charge in [0.2, 0.25) is 0 Å². The maximum absolute atomic E-state index is 5.94. The molecule has 0 fully saturated rings. The Morgan fingerprint density at radius 1 is 1.10 bits per heavy atom. The van der Waals surface area contributed by atoms with Crippen molar-refractivity contribution in [1.29, 1.82) is 0 Å². The molecule has 0 saturated carbocycles. The number of nitrogens with zero attached hydrogens (tertiary/aromatic N) is 1. The number of halogens is 2. The van der Waals surface area contributed by atoms with Crippen LogP contribution in [0.4, 0.5) is 0 Å². The molecule has 0 saturated heterocycles. The van der Waals surface area contributed by atoms with Crippen LogP contribution in [0, 0.1) is 0 Å². The number of nitrogens with one attached hydrogen (secondary N) is 1. The Labute approximate surface area is 135 Å². The Hall–Kier alpha value is -1.29. The second kappa shape index (κ2) is 7.64. The fraction of sp³-hybridized carbons (Fsp3) is 0.312. The van der Waals surface area contributed by atoms with Crippen LogP contribution in [0.25, 0.3) is 0 Å². The summed E-state index contributed by atoms with van der Waals surface area (Å²) >= 11 is 11.9. The van der Waals surface area contributed by atoms with Crippen molar-refractivity contribution in [2.75, 3.05) is 0 Å². The lowest BCUT2D eigenvalue weighted by Crippen LogP contribution is -2.22. The van der Waals surface area contributed by atoms with Crippen molar-refractivity contribution in [2.24, 2.45) is 0 Å². The van der Waals surface area contributed by atoms with E-state index in [1.54, 1.807) is 18.2 Å². The number of benzene rings is 1. The summed E-state index contributed by atoms with van der Waals surface area (Å²) in [7, 11) is 0. The first-order valence-corrected chi connectivity index (χ1v) is 7.55. The number of hydrogen-bond donors (Lipinski definition) is 1. The van der Waals surface area contributed by atoms with Crippen molar-refractivity contribution in [2.45, 2.75) is 33.0 Å². The third kappa shape index (κ3) is 5.54. The Balaban J connectivity index is 1.98. The molecule has 2 rings (SSSR count). The highest BCUT2D eigenvalue weighted by atomic mass is 35.5. The van der Waals surface area contributed by atoms with Crippen LogP contribution in [0.3, 0.4) is 0 Å². The zero-order valence-electron chi connectivity index (χ0n) is 12.1. The smallest absolute Gasteiger partial charge is 0.130 e. The molecule has 0 unspecified atom stereocenters. The van der Waals surface area contributed by atoms with Gasteiger partial charge in [-0.15, -0.1) is 0 Å². The molecular weight excluding hydrogens is 307 g/mol. The van der Waals surface area contributed by atoms with Crippen LogP contribution < -0.4 is 10.1 Å². The van der Waals surface area contributed by atoms with Gasteiger partial charge < -0.3 is 10.1 Å². The quantitative estimate of drug-likeness (QED) is 0.851. The van der Waals surface area contributed by atoms with Crippen LogP contribution in [0.1, 0.15) is 25.2 Å². The summed E-state index contributed by atoms with van der Waals surface area (Å²) in [5.41, 5.74) is 1.86. The van der Waals surface area contributed by atoms with Crippen LogP contribution >= 0.6 is 23.2 Å². The lowest BCUT2D eigenvalue weighted by atomic mass is 10.3. The minimum Gasteiger partial charge on any atom is -0.487 e. The second-order valence-corrected chi connectivity index (χ2v) is 5.92. The van der Waals surface area contributed by atoms with Crippen LogP contribution in [-0.4, -0.2) is 11.0 Å². The summed E-state index contributed by atoms with van der Waals surface area (Å²) in [6, 6.07) is 11.5. The first kappa shape index (κ1) is 16.1. The van der Waals surface area contributed by atoms with Gasteiger partial charge in [0.1, 0.15) is 12.4 Å². The normalized spacial score (nSPS) is 10.9. The fourth-order valence-corrected chi connectivity index (χ4v) is 2.29. The van der Waals surface area contributed by atoms with E-state index in [-0.39, 0.29) is 0 Å². The molecule has 0 aliphatic rings. The topological polar surface area (TPSA) is 34.1 Å².